The lowest BCUT2D eigenvalue weighted by Crippen LogP contribution is -2.42. The number of H-pyrrole nitrogens is 1. The predicted octanol–water partition coefficient (Wildman–Crippen LogP) is 0.312. The lowest BCUT2D eigenvalue weighted by molar-refractivity contribution is -0.139. The molecule has 8 nitrogen and oxygen atoms in total. The molecular weight excluding hydrogens is 294 g/mol. The van der Waals surface area contributed by atoms with Crippen molar-refractivity contribution in [3.8, 4) is 0 Å². The van der Waals surface area contributed by atoms with Crippen LogP contribution in [0.3, 0.4) is 0 Å². The predicted molar refractivity (Wildman–Crippen MR) is 75.9 cm³/mol. The summed E-state index contributed by atoms with van der Waals surface area (Å²) in [4.78, 5) is 33.9. The van der Waals surface area contributed by atoms with Crippen molar-refractivity contribution in [2.75, 3.05) is 0 Å². The van der Waals surface area contributed by atoms with Gasteiger partial charge in [0.2, 0.25) is 0 Å². The number of aromatic nitrogens is 3. The average Bonchev–Trinajstić information content (AvgIpc) is 3.08. The Balaban J connectivity index is 2.05. The SMILES string of the molecule is CC(N)c1nc(C(=O)N[C@H](Cc2cnc[nH]2)C(=O)O)cs1. The van der Waals surface area contributed by atoms with E-state index in [1.807, 2.05) is 0 Å². The number of nitrogens with two attached hydrogens (primary N) is 1. The van der Waals surface area contributed by atoms with Crippen LogP contribution in [-0.2, 0) is 11.2 Å². The third kappa shape index (κ3) is 3.86. The van der Waals surface area contributed by atoms with Crippen LogP contribution >= 0.6 is 11.3 Å². The molecule has 2 rings (SSSR count). The van der Waals surface area contributed by atoms with E-state index < -0.39 is 17.9 Å². The molecule has 2 atom stereocenters. The number of aromatic amines is 1. The van der Waals surface area contributed by atoms with Crippen LogP contribution in [0.15, 0.2) is 17.9 Å². The lowest BCUT2D eigenvalue weighted by atomic mass is 10.1. The zero-order chi connectivity index (χ0) is 15.4. The Labute approximate surface area is 124 Å². The number of amides is 1. The van der Waals surface area contributed by atoms with E-state index in [-0.39, 0.29) is 18.2 Å². The number of thiazole rings is 1. The van der Waals surface area contributed by atoms with E-state index in [4.69, 9.17) is 5.73 Å². The molecule has 9 heteroatoms. The number of nitrogens with zero attached hydrogens (tertiary/aromatic N) is 2. The summed E-state index contributed by atoms with van der Waals surface area (Å²) in [5.41, 5.74) is 6.47. The van der Waals surface area contributed by atoms with Crippen LogP contribution in [0, 0.1) is 0 Å². The Morgan fingerprint density at radius 2 is 2.33 bits per heavy atom. The number of imidazole rings is 1. The quantitative estimate of drug-likeness (QED) is 0.607. The van der Waals surface area contributed by atoms with Crippen molar-refractivity contribution >= 4 is 23.2 Å². The van der Waals surface area contributed by atoms with Crippen molar-refractivity contribution in [1.82, 2.24) is 20.3 Å². The van der Waals surface area contributed by atoms with Crippen molar-refractivity contribution in [2.24, 2.45) is 5.73 Å². The maximum atomic E-state index is 12.0. The number of carboxylic acid groups (broad SMARTS) is 1. The molecule has 0 spiro atoms. The minimum absolute atomic E-state index is 0.116. The van der Waals surface area contributed by atoms with E-state index >= 15 is 0 Å². The highest BCUT2D eigenvalue weighted by Gasteiger charge is 2.23. The second-order valence-corrected chi connectivity index (χ2v) is 5.39. The maximum Gasteiger partial charge on any atom is 0.326 e. The van der Waals surface area contributed by atoms with Gasteiger partial charge in [0.15, 0.2) is 0 Å². The fourth-order valence-electron chi connectivity index (χ4n) is 1.65. The van der Waals surface area contributed by atoms with Crippen molar-refractivity contribution in [1.29, 1.82) is 0 Å². The minimum atomic E-state index is -1.12. The van der Waals surface area contributed by atoms with E-state index in [0.717, 1.165) is 0 Å². The molecule has 0 fully saturated rings. The Morgan fingerprint density at radius 1 is 1.57 bits per heavy atom. The van der Waals surface area contributed by atoms with Crippen LogP contribution in [0.25, 0.3) is 0 Å². The number of hydrogen-bond acceptors (Lipinski definition) is 6. The highest BCUT2D eigenvalue weighted by molar-refractivity contribution is 7.09. The van der Waals surface area contributed by atoms with E-state index in [9.17, 15) is 14.7 Å². The zero-order valence-electron chi connectivity index (χ0n) is 11.2. The van der Waals surface area contributed by atoms with Gasteiger partial charge in [0.25, 0.3) is 5.91 Å². The van der Waals surface area contributed by atoms with E-state index in [0.29, 0.717) is 10.7 Å². The molecule has 0 saturated carbocycles. The molecular formula is C12H15N5O3S. The summed E-state index contributed by atoms with van der Waals surface area (Å²) >= 11 is 1.27. The summed E-state index contributed by atoms with van der Waals surface area (Å²) in [5, 5.41) is 13.8. The smallest absolute Gasteiger partial charge is 0.326 e. The number of rotatable bonds is 6. The van der Waals surface area contributed by atoms with Crippen molar-refractivity contribution in [2.45, 2.75) is 25.4 Å². The van der Waals surface area contributed by atoms with Crippen molar-refractivity contribution < 1.29 is 14.7 Å². The van der Waals surface area contributed by atoms with E-state index in [2.05, 4.69) is 20.3 Å². The van der Waals surface area contributed by atoms with Gasteiger partial charge >= 0.3 is 5.97 Å². The lowest BCUT2D eigenvalue weighted by Gasteiger charge is -2.12. The third-order valence-corrected chi connectivity index (χ3v) is 3.77. The van der Waals surface area contributed by atoms with Crippen LogP contribution in [0.2, 0.25) is 0 Å². The standard InChI is InChI=1S/C12H15N5O3S/c1-6(13)11-17-9(4-21-11)10(18)16-8(12(19)20)2-7-3-14-5-15-7/h3-6,8H,2,13H2,1H3,(H,14,15)(H,16,18)(H,19,20)/t6?,8-/m1/s1. The second-order valence-electron chi connectivity index (χ2n) is 4.50. The van der Waals surface area contributed by atoms with Crippen LogP contribution in [-0.4, -0.2) is 38.0 Å². The van der Waals surface area contributed by atoms with Gasteiger partial charge in [-0.1, -0.05) is 0 Å². The summed E-state index contributed by atoms with van der Waals surface area (Å²) in [5.74, 6) is -1.66. The van der Waals surface area contributed by atoms with E-state index in [1.165, 1.54) is 23.9 Å². The largest absolute Gasteiger partial charge is 0.480 e. The van der Waals surface area contributed by atoms with Gasteiger partial charge in [-0.15, -0.1) is 11.3 Å². The summed E-state index contributed by atoms with van der Waals surface area (Å²) in [7, 11) is 0. The van der Waals surface area contributed by atoms with Gasteiger partial charge in [0, 0.05) is 23.7 Å². The summed E-state index contributed by atoms with van der Waals surface area (Å²) in [6.45, 7) is 1.76. The van der Waals surface area contributed by atoms with Crippen molar-refractivity contribution in [3.63, 3.8) is 0 Å². The molecule has 2 aromatic heterocycles. The first kappa shape index (κ1) is 15.1. The molecule has 2 aromatic rings. The molecule has 0 radical (unpaired) electrons. The number of carboxylic acids is 1. The fraction of sp³-hybridized carbons (Fsp3) is 0.333. The van der Waals surface area contributed by atoms with Gasteiger partial charge in [-0.05, 0) is 6.92 Å². The molecule has 0 saturated heterocycles. The first-order chi connectivity index (χ1) is 9.97. The molecule has 0 aliphatic heterocycles. The Hall–Kier alpha value is -2.26. The van der Waals surface area contributed by atoms with Gasteiger partial charge in [-0.3, -0.25) is 4.79 Å². The molecule has 112 valence electrons. The number of aliphatic carboxylic acids is 1. The van der Waals surface area contributed by atoms with Crippen molar-refractivity contribution in [3.05, 3.63) is 34.3 Å². The maximum absolute atomic E-state index is 12.0. The number of carbonyl (C=O) groups is 2. The number of nitrogens with one attached hydrogen (secondary N) is 2. The molecule has 1 amide bonds. The summed E-state index contributed by atoms with van der Waals surface area (Å²) in [6, 6.07) is -1.32. The normalized spacial score (nSPS) is 13.6. The molecule has 0 aromatic carbocycles. The first-order valence-electron chi connectivity index (χ1n) is 6.19. The summed E-state index contributed by atoms with van der Waals surface area (Å²) < 4.78 is 0. The van der Waals surface area contributed by atoms with Crippen LogP contribution in [0.5, 0.6) is 0 Å². The highest BCUT2D eigenvalue weighted by Crippen LogP contribution is 2.15. The van der Waals surface area contributed by atoms with Crippen LogP contribution < -0.4 is 11.1 Å². The van der Waals surface area contributed by atoms with Crippen LogP contribution in [0.4, 0.5) is 0 Å². The zero-order valence-corrected chi connectivity index (χ0v) is 12.1. The Kier molecular flexibility index (Phi) is 4.66. The van der Waals surface area contributed by atoms with E-state index in [1.54, 1.807) is 12.3 Å². The molecule has 2 heterocycles. The minimum Gasteiger partial charge on any atom is -0.480 e. The van der Waals surface area contributed by atoms with Gasteiger partial charge in [-0.25, -0.2) is 14.8 Å². The molecule has 0 bridgehead atoms. The number of hydrogen-bond donors (Lipinski definition) is 4. The van der Waals surface area contributed by atoms with Crippen LogP contribution in [0.1, 0.15) is 34.2 Å². The highest BCUT2D eigenvalue weighted by atomic mass is 32.1. The molecule has 1 unspecified atom stereocenters. The average molecular weight is 309 g/mol. The molecule has 0 aliphatic carbocycles. The number of carbonyl (C=O) groups excluding carboxylic acids is 1. The van der Waals surface area contributed by atoms with Gasteiger partial charge in [-0.2, -0.15) is 0 Å². The fourth-order valence-corrected chi connectivity index (χ4v) is 2.41. The van der Waals surface area contributed by atoms with Gasteiger partial charge in [0.05, 0.1) is 12.4 Å². The summed E-state index contributed by atoms with van der Waals surface area (Å²) in [6.07, 6.45) is 3.08. The van der Waals surface area contributed by atoms with Gasteiger partial charge in [0.1, 0.15) is 16.7 Å². The monoisotopic (exact) mass is 309 g/mol. The van der Waals surface area contributed by atoms with Gasteiger partial charge < -0.3 is 21.1 Å². The third-order valence-electron chi connectivity index (χ3n) is 2.73. The molecule has 5 N–H and O–H groups in total. The first-order valence-corrected chi connectivity index (χ1v) is 7.07. The molecule has 0 aliphatic rings. The molecule has 21 heavy (non-hydrogen) atoms. The topological polar surface area (TPSA) is 134 Å². The second kappa shape index (κ2) is 6.46. The Morgan fingerprint density at radius 3 is 2.86 bits per heavy atom. The Bertz CT molecular complexity index is 623.